The largest absolute Gasteiger partial charge is 0.497 e. The van der Waals surface area contributed by atoms with Crippen LogP contribution >= 0.6 is 0 Å². The second-order valence-corrected chi connectivity index (χ2v) is 14.3. The summed E-state index contributed by atoms with van der Waals surface area (Å²) in [5, 5.41) is 4.21. The van der Waals surface area contributed by atoms with E-state index in [4.69, 9.17) is 4.74 Å². The van der Waals surface area contributed by atoms with E-state index in [9.17, 15) is 14.4 Å². The molecule has 0 radical (unpaired) electrons. The van der Waals surface area contributed by atoms with Gasteiger partial charge in [-0.25, -0.2) is 0 Å². The Morgan fingerprint density at radius 3 is 2.58 bits per heavy atom. The molecule has 1 unspecified atom stereocenters. The van der Waals surface area contributed by atoms with Crippen LogP contribution in [0.2, 0.25) is 0 Å². The van der Waals surface area contributed by atoms with Crippen LogP contribution in [0, 0.1) is 11.8 Å². The summed E-state index contributed by atoms with van der Waals surface area (Å²) >= 11 is 0. The Morgan fingerprint density at radius 2 is 1.81 bits per heavy atom. The van der Waals surface area contributed by atoms with Crippen molar-refractivity contribution < 1.29 is 19.1 Å². The second-order valence-electron chi connectivity index (χ2n) is 14.3. The van der Waals surface area contributed by atoms with Gasteiger partial charge in [-0.2, -0.15) is 0 Å². The zero-order valence-electron chi connectivity index (χ0n) is 28.4. The highest BCUT2D eigenvalue weighted by Crippen LogP contribution is 2.53. The fourth-order valence-corrected chi connectivity index (χ4v) is 9.03. The first kappa shape index (κ1) is 32.5. The number of aromatic nitrogens is 1. The van der Waals surface area contributed by atoms with E-state index >= 15 is 0 Å². The van der Waals surface area contributed by atoms with Gasteiger partial charge in [-0.1, -0.05) is 42.0 Å². The molecule has 2 N–H and O–H groups in total. The maximum atomic E-state index is 14.9. The van der Waals surface area contributed by atoms with Gasteiger partial charge < -0.3 is 24.8 Å². The first-order valence-electron chi connectivity index (χ1n) is 18.3. The Balaban J connectivity index is 1.25. The van der Waals surface area contributed by atoms with E-state index in [1.165, 1.54) is 29.5 Å². The number of fused-ring (bicyclic) bond motifs is 5. The van der Waals surface area contributed by atoms with Crippen molar-refractivity contribution in [2.45, 2.75) is 89.0 Å². The minimum absolute atomic E-state index is 0.00205. The highest BCUT2D eigenvalue weighted by Gasteiger charge is 2.59. The molecule has 4 aliphatic rings. The van der Waals surface area contributed by atoms with Gasteiger partial charge >= 0.3 is 0 Å². The molecule has 2 saturated heterocycles. The van der Waals surface area contributed by atoms with E-state index in [1.54, 1.807) is 7.11 Å². The molecular weight excluding hydrogens is 600 g/mol. The molecule has 254 valence electrons. The van der Waals surface area contributed by atoms with Crippen LogP contribution in [0.3, 0.4) is 0 Å². The number of allylic oxidation sites excluding steroid dienone is 1. The summed E-state index contributed by atoms with van der Waals surface area (Å²) in [6.07, 6.45) is 13.5. The van der Waals surface area contributed by atoms with Crippen LogP contribution in [0.4, 0.5) is 0 Å². The summed E-state index contributed by atoms with van der Waals surface area (Å²) in [6, 6.07) is 16.5. The predicted octanol–water partition coefficient (Wildman–Crippen LogP) is 6.43. The topological polar surface area (TPSA) is 94.7 Å². The Kier molecular flexibility index (Phi) is 9.60. The van der Waals surface area contributed by atoms with Crippen molar-refractivity contribution in [2.24, 2.45) is 11.8 Å². The lowest BCUT2D eigenvalue weighted by Crippen LogP contribution is -2.66. The number of rotatable bonds is 10. The lowest BCUT2D eigenvalue weighted by atomic mass is 9.64. The second kappa shape index (κ2) is 14.2. The summed E-state index contributed by atoms with van der Waals surface area (Å²) in [5.74, 6) is -0.181. The van der Waals surface area contributed by atoms with E-state index in [2.05, 4.69) is 34.6 Å². The van der Waals surface area contributed by atoms with Crippen LogP contribution in [0.15, 0.2) is 60.2 Å². The van der Waals surface area contributed by atoms with Crippen molar-refractivity contribution in [3.63, 3.8) is 0 Å². The number of hydrogen-bond acceptors (Lipinski definition) is 4. The third-order valence-electron chi connectivity index (χ3n) is 11.5. The maximum absolute atomic E-state index is 14.9. The molecule has 0 saturated carbocycles. The number of methoxy groups -OCH3 is 1. The Hall–Kier alpha value is -4.07. The number of nitrogens with one attached hydrogen (secondary N) is 2. The number of ether oxygens (including phenoxy) is 1. The number of carbonyl (C=O) groups excluding carboxylic acids is 3. The van der Waals surface area contributed by atoms with E-state index in [0.717, 1.165) is 80.4 Å². The number of benzene rings is 2. The fraction of sp³-hybridized carbons (Fsp3) is 0.525. The monoisotopic (exact) mass is 650 g/mol. The van der Waals surface area contributed by atoms with Gasteiger partial charge in [0, 0.05) is 55.1 Å². The normalized spacial score (nSPS) is 24.1. The van der Waals surface area contributed by atoms with Crippen LogP contribution in [-0.4, -0.2) is 65.8 Å². The van der Waals surface area contributed by atoms with Gasteiger partial charge in [0.15, 0.2) is 0 Å². The third kappa shape index (κ3) is 6.26. The van der Waals surface area contributed by atoms with Crippen LogP contribution < -0.4 is 10.1 Å². The van der Waals surface area contributed by atoms with Crippen molar-refractivity contribution in [3.05, 3.63) is 77.0 Å². The van der Waals surface area contributed by atoms with Crippen molar-refractivity contribution in [1.29, 1.82) is 0 Å². The summed E-state index contributed by atoms with van der Waals surface area (Å²) in [6.45, 7) is 2.60. The molecule has 48 heavy (non-hydrogen) atoms. The maximum Gasteiger partial charge on any atom is 0.228 e. The van der Waals surface area contributed by atoms with Crippen LogP contribution in [0.25, 0.3) is 10.9 Å². The van der Waals surface area contributed by atoms with Crippen molar-refractivity contribution in [3.8, 4) is 5.75 Å². The standard InChI is InChI=1S/C40H50N4O4/c1-48-31-15-16-35-33(27-31)32-19-24-44-38(46)30(26-36(45)41-21-18-29-13-7-3-8-14-29)25-34(39(47)43-22-9-4-10-23-43)40(44,37(32)42-35)20-17-28-11-5-2-6-12-28/h2,5-6,11-13,15-16,27,30,34,42H,3-4,7-10,14,17-26H2,1H3,(H,41,45)/t30?,34-,40+/m1/s1. The molecule has 3 atom stereocenters. The average molecular weight is 651 g/mol. The van der Waals surface area contributed by atoms with Gasteiger partial charge in [0.1, 0.15) is 5.75 Å². The Labute approximate surface area is 284 Å². The average Bonchev–Trinajstić information content (AvgIpc) is 3.51. The molecule has 3 aromatic rings. The van der Waals surface area contributed by atoms with Gasteiger partial charge in [0.25, 0.3) is 0 Å². The summed E-state index contributed by atoms with van der Waals surface area (Å²) in [7, 11) is 1.68. The SMILES string of the molecule is COc1ccc2[nH]c3c(c2c1)CCN1C(=O)C(CC(=O)NCCC2=CCCCC2)C[C@H](C(=O)N2CCCCC2)[C@@]31CCc1ccccc1. The number of likely N-dealkylation sites (tertiary alicyclic amines) is 1. The molecule has 8 nitrogen and oxygen atoms in total. The van der Waals surface area contributed by atoms with Gasteiger partial charge in [-0.15, -0.1) is 0 Å². The van der Waals surface area contributed by atoms with E-state index in [1.807, 2.05) is 40.1 Å². The molecule has 1 aromatic heterocycles. The molecule has 8 heteroatoms. The van der Waals surface area contributed by atoms with Crippen LogP contribution in [0.1, 0.15) is 87.4 Å². The molecule has 0 spiro atoms. The van der Waals surface area contributed by atoms with Gasteiger partial charge in [-0.3, -0.25) is 14.4 Å². The highest BCUT2D eigenvalue weighted by atomic mass is 16.5. The third-order valence-corrected chi connectivity index (χ3v) is 11.5. The number of hydrogen-bond donors (Lipinski definition) is 2. The Morgan fingerprint density at radius 1 is 0.979 bits per heavy atom. The van der Waals surface area contributed by atoms with Crippen molar-refractivity contribution in [1.82, 2.24) is 20.1 Å². The van der Waals surface area contributed by atoms with Crippen LogP contribution in [-0.2, 0) is 32.8 Å². The minimum atomic E-state index is -0.846. The predicted molar refractivity (Wildman–Crippen MR) is 188 cm³/mol. The molecule has 2 aromatic carbocycles. The molecule has 1 aliphatic carbocycles. The zero-order chi connectivity index (χ0) is 33.1. The first-order chi connectivity index (χ1) is 23.5. The number of amides is 3. The summed E-state index contributed by atoms with van der Waals surface area (Å²) in [4.78, 5) is 50.8. The summed E-state index contributed by atoms with van der Waals surface area (Å²) in [5.41, 5.74) is 4.91. The zero-order valence-corrected chi connectivity index (χ0v) is 28.4. The number of carbonyl (C=O) groups is 3. The molecule has 0 bridgehead atoms. The Bertz CT molecular complexity index is 1670. The fourth-order valence-electron chi connectivity index (χ4n) is 9.03. The van der Waals surface area contributed by atoms with E-state index in [-0.39, 0.29) is 24.1 Å². The molecule has 7 rings (SSSR count). The summed E-state index contributed by atoms with van der Waals surface area (Å²) < 4.78 is 5.61. The lowest BCUT2D eigenvalue weighted by molar-refractivity contribution is -0.167. The van der Waals surface area contributed by atoms with Crippen LogP contribution in [0.5, 0.6) is 5.75 Å². The quantitative estimate of drug-likeness (QED) is 0.247. The van der Waals surface area contributed by atoms with E-state index in [0.29, 0.717) is 32.4 Å². The number of aryl methyl sites for hydroxylation is 1. The molecule has 3 amide bonds. The number of nitrogens with zero attached hydrogens (tertiary/aromatic N) is 2. The molecule has 3 aliphatic heterocycles. The number of H-pyrrole nitrogens is 1. The molecule has 4 heterocycles. The van der Waals surface area contributed by atoms with Gasteiger partial charge in [0.05, 0.1) is 18.6 Å². The number of aromatic amines is 1. The highest BCUT2D eigenvalue weighted by molar-refractivity contribution is 5.93. The molecule has 2 fully saturated rings. The van der Waals surface area contributed by atoms with Crippen molar-refractivity contribution in [2.75, 3.05) is 33.3 Å². The van der Waals surface area contributed by atoms with E-state index < -0.39 is 17.4 Å². The lowest BCUT2D eigenvalue weighted by Gasteiger charge is -2.56. The minimum Gasteiger partial charge on any atom is -0.497 e. The molecular formula is C40H50N4O4. The van der Waals surface area contributed by atoms with Crippen molar-refractivity contribution >= 4 is 28.6 Å². The van der Waals surface area contributed by atoms with Gasteiger partial charge in [-0.05, 0) is 106 Å². The van der Waals surface area contributed by atoms with Gasteiger partial charge in [0.2, 0.25) is 17.7 Å². The number of piperidine rings is 2. The smallest absolute Gasteiger partial charge is 0.228 e. The first-order valence-corrected chi connectivity index (χ1v) is 18.3.